The Kier molecular flexibility index (Phi) is 2.49. The molecule has 0 radical (unpaired) electrons. The summed E-state index contributed by atoms with van der Waals surface area (Å²) in [4.78, 5) is 0. The third-order valence-corrected chi connectivity index (χ3v) is 1.98. The molecule has 1 aliphatic heterocycles. The fraction of sp³-hybridized carbons (Fsp3) is 1.00. The molecule has 1 saturated heterocycles. The summed E-state index contributed by atoms with van der Waals surface area (Å²) in [7, 11) is 2.00. The van der Waals surface area contributed by atoms with Crippen molar-refractivity contribution in [1.29, 1.82) is 0 Å². The van der Waals surface area contributed by atoms with E-state index >= 15 is 0 Å². The Balaban J connectivity index is 1.98. The molecule has 0 aromatic rings. The fourth-order valence-corrected chi connectivity index (χ4v) is 1.33. The van der Waals surface area contributed by atoms with Crippen LogP contribution in [0.2, 0.25) is 0 Å². The highest BCUT2D eigenvalue weighted by molar-refractivity contribution is 4.88. The van der Waals surface area contributed by atoms with Gasteiger partial charge in [0.2, 0.25) is 0 Å². The topological polar surface area (TPSA) is 24.1 Å². The molecule has 0 amide bonds. The van der Waals surface area contributed by atoms with E-state index in [1.165, 1.54) is 12.8 Å². The summed E-state index contributed by atoms with van der Waals surface area (Å²) in [6.45, 7) is 3.35. The van der Waals surface area contributed by atoms with Crippen molar-refractivity contribution in [3.63, 3.8) is 0 Å². The molecule has 2 nitrogen and oxygen atoms in total. The third-order valence-electron chi connectivity index (χ3n) is 1.98. The average Bonchev–Trinajstić information content (AvgIpc) is 1.77. The maximum atomic E-state index is 3.47. The van der Waals surface area contributed by atoms with E-state index in [0.717, 1.165) is 18.6 Å². The third kappa shape index (κ3) is 1.66. The Morgan fingerprint density at radius 3 is 2.67 bits per heavy atom. The minimum Gasteiger partial charge on any atom is -0.318 e. The van der Waals surface area contributed by atoms with Crippen molar-refractivity contribution in [2.75, 3.05) is 13.6 Å². The van der Waals surface area contributed by atoms with Crippen molar-refractivity contribution in [3.05, 3.63) is 0 Å². The van der Waals surface area contributed by atoms with Crippen LogP contribution in [0.5, 0.6) is 0 Å². The molecule has 0 spiro atoms. The van der Waals surface area contributed by atoms with Crippen LogP contribution >= 0.6 is 0 Å². The van der Waals surface area contributed by atoms with Crippen LogP contribution in [0.15, 0.2) is 0 Å². The molecule has 1 rings (SSSR count). The second-order valence-electron chi connectivity index (χ2n) is 2.76. The first kappa shape index (κ1) is 7.03. The molecule has 2 unspecified atom stereocenters. The Morgan fingerprint density at radius 1 is 1.56 bits per heavy atom. The maximum Gasteiger partial charge on any atom is 0.0209 e. The number of nitrogens with one attached hydrogen (secondary N) is 2. The van der Waals surface area contributed by atoms with Crippen molar-refractivity contribution >= 4 is 0 Å². The van der Waals surface area contributed by atoms with Gasteiger partial charge in [-0.3, -0.25) is 0 Å². The summed E-state index contributed by atoms with van der Waals surface area (Å²) >= 11 is 0. The summed E-state index contributed by atoms with van der Waals surface area (Å²) in [5.41, 5.74) is 0. The first-order valence-corrected chi connectivity index (χ1v) is 3.77. The lowest BCUT2D eigenvalue weighted by molar-refractivity contribution is 0.254. The zero-order valence-electron chi connectivity index (χ0n) is 6.28. The molecule has 1 aliphatic rings. The minimum absolute atomic E-state index is 0.750. The van der Waals surface area contributed by atoms with Gasteiger partial charge in [-0.1, -0.05) is 6.92 Å². The highest BCUT2D eigenvalue weighted by Gasteiger charge is 2.24. The Morgan fingerprint density at radius 2 is 2.22 bits per heavy atom. The molecule has 0 aromatic carbocycles. The van der Waals surface area contributed by atoms with Gasteiger partial charge in [0.05, 0.1) is 0 Å². The highest BCUT2D eigenvalue weighted by atomic mass is 15.1. The van der Waals surface area contributed by atoms with Crippen molar-refractivity contribution in [2.24, 2.45) is 0 Å². The van der Waals surface area contributed by atoms with E-state index in [4.69, 9.17) is 0 Å². The van der Waals surface area contributed by atoms with Crippen LogP contribution in [0.4, 0.5) is 0 Å². The monoisotopic (exact) mass is 128 g/mol. The van der Waals surface area contributed by atoms with Crippen LogP contribution in [0.3, 0.4) is 0 Å². The van der Waals surface area contributed by atoms with E-state index in [1.54, 1.807) is 0 Å². The zero-order valence-corrected chi connectivity index (χ0v) is 6.28. The van der Waals surface area contributed by atoms with E-state index in [1.807, 2.05) is 7.05 Å². The molecule has 9 heavy (non-hydrogen) atoms. The summed E-state index contributed by atoms with van der Waals surface area (Å²) in [6, 6.07) is 1.56. The van der Waals surface area contributed by atoms with Crippen LogP contribution in [0, 0.1) is 0 Å². The second kappa shape index (κ2) is 3.18. The first-order valence-electron chi connectivity index (χ1n) is 3.77. The fourth-order valence-electron chi connectivity index (χ4n) is 1.33. The lowest BCUT2D eigenvalue weighted by Crippen LogP contribution is -2.55. The largest absolute Gasteiger partial charge is 0.318 e. The molecule has 1 fully saturated rings. The minimum atomic E-state index is 0.750. The zero-order chi connectivity index (χ0) is 6.69. The van der Waals surface area contributed by atoms with E-state index in [-0.39, 0.29) is 0 Å². The van der Waals surface area contributed by atoms with Crippen LogP contribution < -0.4 is 10.6 Å². The van der Waals surface area contributed by atoms with Gasteiger partial charge in [-0.2, -0.15) is 0 Å². The van der Waals surface area contributed by atoms with Gasteiger partial charge in [-0.25, -0.2) is 0 Å². The average molecular weight is 128 g/mol. The summed E-state index contributed by atoms with van der Waals surface area (Å²) in [5, 5.41) is 6.62. The van der Waals surface area contributed by atoms with Gasteiger partial charge in [0.1, 0.15) is 0 Å². The molecule has 0 aromatic heterocycles. The number of likely N-dealkylation sites (N-methyl/N-ethyl adjacent to an activating group) is 1. The molecule has 0 saturated carbocycles. The van der Waals surface area contributed by atoms with Gasteiger partial charge < -0.3 is 10.6 Å². The first-order chi connectivity index (χ1) is 4.36. The highest BCUT2D eigenvalue weighted by Crippen LogP contribution is 2.12. The number of rotatable bonds is 3. The van der Waals surface area contributed by atoms with Gasteiger partial charge in [0, 0.05) is 18.6 Å². The Hall–Kier alpha value is -0.0800. The van der Waals surface area contributed by atoms with Crippen LogP contribution in [-0.2, 0) is 0 Å². The van der Waals surface area contributed by atoms with Crippen LogP contribution in [-0.4, -0.2) is 25.7 Å². The summed E-state index contributed by atoms with van der Waals surface area (Å²) in [6.07, 6.45) is 2.64. The molecule has 2 N–H and O–H groups in total. The standard InChI is InChI=1S/C7H16N2/c1-3-6-4-7(9-6)5-8-2/h6-9H,3-5H2,1-2H3. The van der Waals surface area contributed by atoms with Gasteiger partial charge in [-0.05, 0) is 19.9 Å². The predicted octanol–water partition coefficient (Wildman–Crippen LogP) is 0.346. The van der Waals surface area contributed by atoms with Crippen molar-refractivity contribution in [1.82, 2.24) is 10.6 Å². The molecular formula is C7H16N2. The summed E-state index contributed by atoms with van der Waals surface area (Å²) in [5.74, 6) is 0. The number of hydrogen-bond acceptors (Lipinski definition) is 2. The van der Waals surface area contributed by atoms with Gasteiger partial charge in [-0.15, -0.1) is 0 Å². The summed E-state index contributed by atoms with van der Waals surface area (Å²) < 4.78 is 0. The molecule has 54 valence electrons. The Bertz CT molecular complexity index is 77.0. The van der Waals surface area contributed by atoms with E-state index in [0.29, 0.717) is 0 Å². The predicted molar refractivity (Wildman–Crippen MR) is 39.5 cm³/mol. The van der Waals surface area contributed by atoms with E-state index in [2.05, 4.69) is 17.6 Å². The van der Waals surface area contributed by atoms with Crippen molar-refractivity contribution in [2.45, 2.75) is 31.8 Å². The molecule has 2 heteroatoms. The number of hydrogen-bond donors (Lipinski definition) is 2. The van der Waals surface area contributed by atoms with Crippen molar-refractivity contribution < 1.29 is 0 Å². The van der Waals surface area contributed by atoms with Crippen LogP contribution in [0.25, 0.3) is 0 Å². The SMILES string of the molecule is CCC1CC(CNC)N1. The maximum absolute atomic E-state index is 3.47. The Labute approximate surface area is 57.0 Å². The lowest BCUT2D eigenvalue weighted by atomic mass is 9.95. The van der Waals surface area contributed by atoms with E-state index < -0.39 is 0 Å². The molecule has 0 aliphatic carbocycles. The normalized spacial score (nSPS) is 34.0. The van der Waals surface area contributed by atoms with E-state index in [9.17, 15) is 0 Å². The van der Waals surface area contributed by atoms with Crippen molar-refractivity contribution in [3.8, 4) is 0 Å². The second-order valence-corrected chi connectivity index (χ2v) is 2.76. The van der Waals surface area contributed by atoms with Crippen LogP contribution in [0.1, 0.15) is 19.8 Å². The molecule has 0 bridgehead atoms. The lowest BCUT2D eigenvalue weighted by Gasteiger charge is -2.36. The molecule has 1 heterocycles. The molecule has 2 atom stereocenters. The molecular weight excluding hydrogens is 112 g/mol. The quantitative estimate of drug-likeness (QED) is 0.573. The van der Waals surface area contributed by atoms with Gasteiger partial charge >= 0.3 is 0 Å². The smallest absolute Gasteiger partial charge is 0.0209 e. The van der Waals surface area contributed by atoms with Gasteiger partial charge in [0.25, 0.3) is 0 Å². The van der Waals surface area contributed by atoms with Gasteiger partial charge in [0.15, 0.2) is 0 Å².